The van der Waals surface area contributed by atoms with Crippen molar-refractivity contribution >= 4 is 11.6 Å². The summed E-state index contributed by atoms with van der Waals surface area (Å²) in [6.07, 6.45) is 7.21. The second kappa shape index (κ2) is 7.16. The van der Waals surface area contributed by atoms with Crippen LogP contribution in [0.3, 0.4) is 0 Å². The predicted octanol–water partition coefficient (Wildman–Crippen LogP) is 2.24. The van der Waals surface area contributed by atoms with Gasteiger partial charge in [-0.05, 0) is 26.8 Å². The van der Waals surface area contributed by atoms with Gasteiger partial charge in [-0.2, -0.15) is 15.3 Å². The summed E-state index contributed by atoms with van der Waals surface area (Å²) in [4.78, 5) is 19.2. The maximum absolute atomic E-state index is 13.1. The molecule has 0 aliphatic heterocycles. The molecule has 0 aliphatic rings. The fourth-order valence-corrected chi connectivity index (χ4v) is 3.51. The van der Waals surface area contributed by atoms with Crippen LogP contribution in [0.5, 0.6) is 0 Å². The normalized spacial score (nSPS) is 11.3. The fraction of sp³-hybridized carbons (Fsp3) is 0.350. The maximum atomic E-state index is 13.1. The minimum atomic E-state index is -0.131. The third-order valence-corrected chi connectivity index (χ3v) is 5.05. The van der Waals surface area contributed by atoms with Crippen molar-refractivity contribution in [3.05, 3.63) is 53.4 Å². The van der Waals surface area contributed by atoms with E-state index in [1.807, 2.05) is 51.0 Å². The van der Waals surface area contributed by atoms with E-state index in [9.17, 15) is 4.79 Å². The molecule has 0 bridgehead atoms. The topological polar surface area (TPSA) is 86.1 Å². The lowest BCUT2D eigenvalue weighted by molar-refractivity contribution is 0.0786. The summed E-state index contributed by atoms with van der Waals surface area (Å²) in [6.45, 7) is 7.21. The molecule has 0 saturated carbocycles. The molecule has 0 radical (unpaired) electrons. The number of carbonyl (C=O) groups excluding carboxylic acids is 1. The summed E-state index contributed by atoms with van der Waals surface area (Å²) in [5, 5.41) is 13.3. The Balaban J connectivity index is 1.69. The van der Waals surface area contributed by atoms with Crippen LogP contribution in [0.1, 0.15) is 34.2 Å². The highest BCUT2D eigenvalue weighted by molar-refractivity contribution is 5.99. The van der Waals surface area contributed by atoms with Gasteiger partial charge in [-0.3, -0.25) is 14.2 Å². The highest BCUT2D eigenvalue weighted by Gasteiger charge is 2.21. The molecule has 0 aliphatic carbocycles. The highest BCUT2D eigenvalue weighted by atomic mass is 16.2. The van der Waals surface area contributed by atoms with Gasteiger partial charge in [0.05, 0.1) is 23.3 Å². The molecule has 150 valence electrons. The number of hydrogen-bond acceptors (Lipinski definition) is 5. The SMILES string of the molecule is CCn1cc(-c2ccnc3c(C(=O)N(C)Cc4cn(C)nc4C)cnn23)c(C)n1. The van der Waals surface area contributed by atoms with Crippen LogP contribution in [0, 0.1) is 13.8 Å². The Morgan fingerprint density at radius 1 is 1.17 bits per heavy atom. The number of fused-ring (bicyclic) bond motifs is 1. The van der Waals surface area contributed by atoms with E-state index in [0.717, 1.165) is 34.8 Å². The maximum Gasteiger partial charge on any atom is 0.259 e. The van der Waals surface area contributed by atoms with E-state index < -0.39 is 0 Å². The van der Waals surface area contributed by atoms with Crippen molar-refractivity contribution < 1.29 is 4.79 Å². The number of aryl methyl sites for hydroxylation is 4. The molecule has 0 spiro atoms. The molecule has 4 aromatic heterocycles. The van der Waals surface area contributed by atoms with Crippen LogP contribution < -0.4 is 0 Å². The molecule has 4 heterocycles. The van der Waals surface area contributed by atoms with Gasteiger partial charge in [-0.1, -0.05) is 0 Å². The average Bonchev–Trinajstić information content (AvgIpc) is 3.37. The minimum Gasteiger partial charge on any atom is -0.337 e. The van der Waals surface area contributed by atoms with Crippen molar-refractivity contribution in [1.29, 1.82) is 0 Å². The molecular weight excluding hydrogens is 368 g/mol. The molecule has 0 atom stereocenters. The van der Waals surface area contributed by atoms with Gasteiger partial charge < -0.3 is 4.90 Å². The van der Waals surface area contributed by atoms with Crippen molar-refractivity contribution in [3.8, 4) is 11.3 Å². The number of nitrogens with zero attached hydrogens (tertiary/aromatic N) is 8. The summed E-state index contributed by atoms with van der Waals surface area (Å²) < 4.78 is 5.35. The number of carbonyl (C=O) groups is 1. The smallest absolute Gasteiger partial charge is 0.259 e. The molecule has 1 amide bonds. The van der Waals surface area contributed by atoms with Crippen LogP contribution in [0.25, 0.3) is 16.9 Å². The van der Waals surface area contributed by atoms with Gasteiger partial charge >= 0.3 is 0 Å². The Morgan fingerprint density at radius 3 is 2.62 bits per heavy atom. The van der Waals surface area contributed by atoms with E-state index in [-0.39, 0.29) is 5.91 Å². The molecule has 9 nitrogen and oxygen atoms in total. The molecular formula is C20H24N8O. The summed E-state index contributed by atoms with van der Waals surface area (Å²) >= 11 is 0. The number of amides is 1. The first-order chi connectivity index (χ1) is 13.9. The lowest BCUT2D eigenvalue weighted by Crippen LogP contribution is -2.26. The Labute approximate surface area is 168 Å². The van der Waals surface area contributed by atoms with Crippen molar-refractivity contribution in [2.24, 2.45) is 7.05 Å². The second-order valence-electron chi connectivity index (χ2n) is 7.18. The third-order valence-electron chi connectivity index (χ3n) is 5.05. The first-order valence-corrected chi connectivity index (χ1v) is 9.50. The van der Waals surface area contributed by atoms with E-state index in [1.165, 1.54) is 0 Å². The molecule has 0 N–H and O–H groups in total. The van der Waals surface area contributed by atoms with E-state index in [0.29, 0.717) is 17.8 Å². The van der Waals surface area contributed by atoms with Crippen LogP contribution in [-0.4, -0.2) is 52.0 Å². The Kier molecular flexibility index (Phi) is 4.65. The van der Waals surface area contributed by atoms with Crippen LogP contribution in [0.15, 0.2) is 30.9 Å². The van der Waals surface area contributed by atoms with Gasteiger partial charge in [-0.15, -0.1) is 0 Å². The number of hydrogen-bond donors (Lipinski definition) is 0. The highest BCUT2D eigenvalue weighted by Crippen LogP contribution is 2.24. The summed E-state index contributed by atoms with van der Waals surface area (Å²) in [5.74, 6) is -0.131. The van der Waals surface area contributed by atoms with E-state index >= 15 is 0 Å². The van der Waals surface area contributed by atoms with Crippen LogP contribution in [-0.2, 0) is 20.1 Å². The Morgan fingerprint density at radius 2 is 1.97 bits per heavy atom. The lowest BCUT2D eigenvalue weighted by Gasteiger charge is -2.16. The largest absolute Gasteiger partial charge is 0.337 e. The zero-order valence-corrected chi connectivity index (χ0v) is 17.3. The van der Waals surface area contributed by atoms with E-state index in [1.54, 1.807) is 33.5 Å². The van der Waals surface area contributed by atoms with Crippen LogP contribution in [0.4, 0.5) is 0 Å². The molecule has 0 saturated heterocycles. The molecule has 4 aromatic rings. The predicted molar refractivity (Wildman–Crippen MR) is 108 cm³/mol. The first kappa shape index (κ1) is 18.9. The lowest BCUT2D eigenvalue weighted by atomic mass is 10.2. The summed E-state index contributed by atoms with van der Waals surface area (Å²) in [5.41, 5.74) is 5.67. The monoisotopic (exact) mass is 392 g/mol. The van der Waals surface area contributed by atoms with Crippen molar-refractivity contribution in [1.82, 2.24) is 39.1 Å². The summed E-state index contributed by atoms with van der Waals surface area (Å²) in [7, 11) is 3.65. The van der Waals surface area contributed by atoms with E-state index in [4.69, 9.17) is 0 Å². The molecule has 0 aromatic carbocycles. The number of rotatable bonds is 5. The zero-order chi connectivity index (χ0) is 20.7. The fourth-order valence-electron chi connectivity index (χ4n) is 3.51. The molecule has 0 unspecified atom stereocenters. The van der Waals surface area contributed by atoms with Gasteiger partial charge in [0.1, 0.15) is 5.56 Å². The van der Waals surface area contributed by atoms with Crippen molar-refractivity contribution in [2.45, 2.75) is 33.9 Å². The van der Waals surface area contributed by atoms with Crippen molar-refractivity contribution in [3.63, 3.8) is 0 Å². The van der Waals surface area contributed by atoms with Gasteiger partial charge in [0.15, 0.2) is 5.65 Å². The van der Waals surface area contributed by atoms with Crippen LogP contribution >= 0.6 is 0 Å². The first-order valence-electron chi connectivity index (χ1n) is 9.50. The summed E-state index contributed by atoms with van der Waals surface area (Å²) in [6, 6.07) is 1.89. The van der Waals surface area contributed by atoms with Crippen LogP contribution in [0.2, 0.25) is 0 Å². The molecule has 9 heteroatoms. The quantitative estimate of drug-likeness (QED) is 0.520. The molecule has 29 heavy (non-hydrogen) atoms. The Bertz CT molecular complexity index is 1200. The standard InChI is InChI=1S/C20H24N8O/c1-6-27-12-17(14(3)24-27)18-7-8-21-19-16(9-22-28(18)19)20(29)25(4)10-15-11-26(5)23-13(15)2/h7-9,11-12H,6,10H2,1-5H3. The zero-order valence-electron chi connectivity index (χ0n) is 17.3. The van der Waals surface area contributed by atoms with Gasteiger partial charge in [-0.25, -0.2) is 9.50 Å². The molecule has 0 fully saturated rings. The average molecular weight is 392 g/mol. The van der Waals surface area contributed by atoms with Crippen molar-refractivity contribution in [2.75, 3.05) is 7.05 Å². The minimum absolute atomic E-state index is 0.131. The second-order valence-corrected chi connectivity index (χ2v) is 7.18. The van der Waals surface area contributed by atoms with Gasteiger partial charge in [0.25, 0.3) is 5.91 Å². The third kappa shape index (κ3) is 3.28. The number of aromatic nitrogens is 7. The van der Waals surface area contributed by atoms with E-state index in [2.05, 4.69) is 20.3 Å². The van der Waals surface area contributed by atoms with Gasteiger partial charge in [0.2, 0.25) is 0 Å². The molecule has 4 rings (SSSR count). The van der Waals surface area contributed by atoms with Gasteiger partial charge in [0, 0.05) is 56.9 Å². The Hall–Kier alpha value is -3.49.